The van der Waals surface area contributed by atoms with E-state index in [0.29, 0.717) is 11.5 Å². The third-order valence-corrected chi connectivity index (χ3v) is 6.63. The van der Waals surface area contributed by atoms with Crippen LogP contribution in [0, 0.1) is 5.41 Å². The lowest BCUT2D eigenvalue weighted by Gasteiger charge is -2.36. The molecule has 1 aromatic heterocycles. The molecule has 0 aliphatic heterocycles. The molecule has 1 unspecified atom stereocenters. The van der Waals surface area contributed by atoms with Crippen LogP contribution in [-0.4, -0.2) is 6.54 Å². The third-order valence-electron chi connectivity index (χ3n) is 4.92. The molecule has 1 aromatic rings. The Kier molecular flexibility index (Phi) is 4.35. The summed E-state index contributed by atoms with van der Waals surface area (Å²) < 4.78 is 1.30. The van der Waals surface area contributed by atoms with Crippen molar-refractivity contribution in [3.63, 3.8) is 0 Å². The SMILES string of the molecule is CC1(CNC2CCCc3sc(Br)cc32)CCCCC1. The minimum atomic E-state index is 0.545. The largest absolute Gasteiger partial charge is 0.309 e. The number of nitrogens with one attached hydrogen (secondary N) is 1. The van der Waals surface area contributed by atoms with E-state index in [9.17, 15) is 0 Å². The normalized spacial score (nSPS) is 26.1. The first-order chi connectivity index (χ1) is 9.16. The van der Waals surface area contributed by atoms with Crippen molar-refractivity contribution >= 4 is 27.3 Å². The van der Waals surface area contributed by atoms with Crippen LogP contribution in [0.5, 0.6) is 0 Å². The summed E-state index contributed by atoms with van der Waals surface area (Å²) in [4.78, 5) is 1.60. The molecule has 0 aromatic carbocycles. The molecule has 1 nitrogen and oxygen atoms in total. The lowest BCUT2D eigenvalue weighted by molar-refractivity contribution is 0.197. The number of halogens is 1. The Labute approximate surface area is 129 Å². The van der Waals surface area contributed by atoms with Crippen molar-refractivity contribution in [1.29, 1.82) is 0 Å². The van der Waals surface area contributed by atoms with Crippen molar-refractivity contribution in [2.75, 3.05) is 6.54 Å². The van der Waals surface area contributed by atoms with Gasteiger partial charge in [-0.2, -0.15) is 0 Å². The van der Waals surface area contributed by atoms with Crippen LogP contribution >= 0.6 is 27.3 Å². The summed E-state index contributed by atoms with van der Waals surface area (Å²) in [6.07, 6.45) is 11.1. The van der Waals surface area contributed by atoms with E-state index in [2.05, 4.69) is 34.2 Å². The summed E-state index contributed by atoms with van der Waals surface area (Å²) in [7, 11) is 0. The second-order valence-electron chi connectivity index (χ2n) is 6.63. The van der Waals surface area contributed by atoms with Gasteiger partial charge in [0, 0.05) is 17.5 Å². The standard InChI is InChI=1S/C16H24BrNS/c1-16(8-3-2-4-9-16)11-18-13-6-5-7-14-12(13)10-15(17)19-14/h10,13,18H,2-9,11H2,1H3. The van der Waals surface area contributed by atoms with E-state index < -0.39 is 0 Å². The summed E-state index contributed by atoms with van der Waals surface area (Å²) in [6.45, 7) is 3.68. The Morgan fingerprint density at radius 1 is 1.32 bits per heavy atom. The molecular weight excluding hydrogens is 318 g/mol. The molecule has 1 saturated carbocycles. The second-order valence-corrected chi connectivity index (χ2v) is 9.14. The molecule has 0 amide bonds. The summed E-state index contributed by atoms with van der Waals surface area (Å²) in [6, 6.07) is 2.95. The fourth-order valence-electron chi connectivity index (χ4n) is 3.69. The van der Waals surface area contributed by atoms with Crippen molar-refractivity contribution in [2.45, 2.75) is 64.3 Å². The summed E-state index contributed by atoms with van der Waals surface area (Å²) in [5, 5.41) is 3.89. The van der Waals surface area contributed by atoms with Gasteiger partial charge in [-0.3, -0.25) is 0 Å². The fraction of sp³-hybridized carbons (Fsp3) is 0.750. The maximum absolute atomic E-state index is 3.89. The summed E-state index contributed by atoms with van der Waals surface area (Å²) >= 11 is 5.58. The number of rotatable bonds is 3. The second kappa shape index (κ2) is 5.87. The van der Waals surface area contributed by atoms with E-state index in [4.69, 9.17) is 0 Å². The van der Waals surface area contributed by atoms with Crippen LogP contribution in [-0.2, 0) is 6.42 Å². The molecule has 0 bridgehead atoms. The summed E-state index contributed by atoms with van der Waals surface area (Å²) in [5.74, 6) is 0. The first-order valence-electron chi connectivity index (χ1n) is 7.68. The number of aryl methyl sites for hydroxylation is 1. The van der Waals surface area contributed by atoms with Gasteiger partial charge in [-0.05, 0) is 65.1 Å². The highest BCUT2D eigenvalue weighted by molar-refractivity contribution is 9.11. The van der Waals surface area contributed by atoms with Gasteiger partial charge in [0.15, 0.2) is 0 Å². The van der Waals surface area contributed by atoms with Crippen molar-refractivity contribution in [3.05, 3.63) is 20.3 Å². The quantitative estimate of drug-likeness (QED) is 0.770. The van der Waals surface area contributed by atoms with Crippen LogP contribution in [0.25, 0.3) is 0 Å². The molecule has 0 spiro atoms. The zero-order valence-corrected chi connectivity index (χ0v) is 14.2. The van der Waals surface area contributed by atoms with Gasteiger partial charge in [0.25, 0.3) is 0 Å². The zero-order chi connectivity index (χ0) is 13.3. The highest BCUT2D eigenvalue weighted by Crippen LogP contribution is 2.40. The molecule has 106 valence electrons. The van der Waals surface area contributed by atoms with Gasteiger partial charge in [-0.15, -0.1) is 11.3 Å². The van der Waals surface area contributed by atoms with Crippen molar-refractivity contribution in [2.24, 2.45) is 5.41 Å². The van der Waals surface area contributed by atoms with Crippen molar-refractivity contribution < 1.29 is 0 Å². The van der Waals surface area contributed by atoms with E-state index in [1.54, 1.807) is 10.4 Å². The average Bonchev–Trinajstić information content (AvgIpc) is 2.78. The Bertz CT molecular complexity index is 434. The monoisotopic (exact) mass is 341 g/mol. The zero-order valence-electron chi connectivity index (χ0n) is 11.8. The number of hydrogen-bond acceptors (Lipinski definition) is 2. The summed E-state index contributed by atoms with van der Waals surface area (Å²) in [5.41, 5.74) is 2.12. The highest BCUT2D eigenvalue weighted by Gasteiger charge is 2.29. The van der Waals surface area contributed by atoms with Gasteiger partial charge in [-0.1, -0.05) is 26.2 Å². The van der Waals surface area contributed by atoms with Gasteiger partial charge in [0.2, 0.25) is 0 Å². The first kappa shape index (κ1) is 14.1. The molecule has 3 heteroatoms. The van der Waals surface area contributed by atoms with Crippen LogP contribution in [0.2, 0.25) is 0 Å². The highest BCUT2D eigenvalue weighted by atomic mass is 79.9. The van der Waals surface area contributed by atoms with Crippen LogP contribution in [0.1, 0.15) is 68.4 Å². The van der Waals surface area contributed by atoms with Gasteiger partial charge in [0.05, 0.1) is 3.79 Å². The molecule has 3 rings (SSSR count). The lowest BCUT2D eigenvalue weighted by Crippen LogP contribution is -2.36. The number of thiophene rings is 1. The average molecular weight is 342 g/mol. The molecule has 2 aliphatic carbocycles. The van der Waals surface area contributed by atoms with Crippen LogP contribution in [0.3, 0.4) is 0 Å². The minimum Gasteiger partial charge on any atom is -0.309 e. The van der Waals surface area contributed by atoms with E-state index in [1.807, 2.05) is 11.3 Å². The fourth-order valence-corrected chi connectivity index (χ4v) is 5.50. The third kappa shape index (κ3) is 3.25. The lowest BCUT2D eigenvalue weighted by atomic mass is 9.75. The first-order valence-corrected chi connectivity index (χ1v) is 9.29. The van der Waals surface area contributed by atoms with E-state index in [-0.39, 0.29) is 0 Å². The molecule has 0 saturated heterocycles. The van der Waals surface area contributed by atoms with Gasteiger partial charge in [0.1, 0.15) is 0 Å². The van der Waals surface area contributed by atoms with Gasteiger partial charge >= 0.3 is 0 Å². The minimum absolute atomic E-state index is 0.545. The van der Waals surface area contributed by atoms with Crippen LogP contribution in [0.15, 0.2) is 9.85 Å². The maximum Gasteiger partial charge on any atom is 0.0704 e. The number of hydrogen-bond donors (Lipinski definition) is 1. The predicted molar refractivity (Wildman–Crippen MR) is 86.9 cm³/mol. The Morgan fingerprint density at radius 3 is 2.89 bits per heavy atom. The Balaban J connectivity index is 1.64. The maximum atomic E-state index is 3.89. The Morgan fingerprint density at radius 2 is 2.11 bits per heavy atom. The molecule has 1 fully saturated rings. The number of fused-ring (bicyclic) bond motifs is 1. The molecule has 1 N–H and O–H groups in total. The molecule has 19 heavy (non-hydrogen) atoms. The Hall–Kier alpha value is 0.140. The molecular formula is C16H24BrNS. The van der Waals surface area contributed by atoms with Gasteiger partial charge in [-0.25, -0.2) is 0 Å². The van der Waals surface area contributed by atoms with E-state index in [1.165, 1.54) is 61.7 Å². The molecule has 1 heterocycles. The predicted octanol–water partition coefficient (Wildman–Crippen LogP) is 5.45. The van der Waals surface area contributed by atoms with E-state index in [0.717, 1.165) is 0 Å². The molecule has 0 radical (unpaired) electrons. The van der Waals surface area contributed by atoms with E-state index >= 15 is 0 Å². The van der Waals surface area contributed by atoms with Crippen LogP contribution < -0.4 is 5.32 Å². The smallest absolute Gasteiger partial charge is 0.0704 e. The molecule has 1 atom stereocenters. The molecule has 2 aliphatic rings. The van der Waals surface area contributed by atoms with Gasteiger partial charge < -0.3 is 5.32 Å². The van der Waals surface area contributed by atoms with Crippen molar-refractivity contribution in [3.8, 4) is 0 Å². The van der Waals surface area contributed by atoms with Crippen molar-refractivity contribution in [1.82, 2.24) is 5.32 Å². The topological polar surface area (TPSA) is 12.0 Å². The van der Waals surface area contributed by atoms with Crippen LogP contribution in [0.4, 0.5) is 0 Å².